The molecular formula is C20H30N4O3. The predicted molar refractivity (Wildman–Crippen MR) is 102 cm³/mol. The standard InChI is InChI=1S/C20H30N4O3/c1-14(2)22-20(26)18-12-16(13-24(18)17-5-9-27-10-6-17)23-19(25)11-15-3-7-21-8-4-15/h3-4,7-8,14,16-18H,5-6,9-13H2,1-2H3,(H,22,26)(H,23,25)/t16-,18+/m1/s1. The van der Waals surface area contributed by atoms with Crippen LogP contribution in [0.2, 0.25) is 0 Å². The highest BCUT2D eigenvalue weighted by molar-refractivity contribution is 5.83. The van der Waals surface area contributed by atoms with Gasteiger partial charge < -0.3 is 15.4 Å². The van der Waals surface area contributed by atoms with E-state index in [4.69, 9.17) is 4.74 Å². The molecule has 2 N–H and O–H groups in total. The minimum Gasteiger partial charge on any atom is -0.381 e. The van der Waals surface area contributed by atoms with Gasteiger partial charge in [0.25, 0.3) is 0 Å². The van der Waals surface area contributed by atoms with Gasteiger partial charge in [0.1, 0.15) is 0 Å². The van der Waals surface area contributed by atoms with Crippen LogP contribution in [0.1, 0.15) is 38.7 Å². The number of aromatic nitrogens is 1. The highest BCUT2D eigenvalue weighted by atomic mass is 16.5. The van der Waals surface area contributed by atoms with Gasteiger partial charge in [-0.05, 0) is 50.8 Å². The Hall–Kier alpha value is -1.99. The van der Waals surface area contributed by atoms with Crippen molar-refractivity contribution >= 4 is 11.8 Å². The first kappa shape index (κ1) is 19.8. The lowest BCUT2D eigenvalue weighted by molar-refractivity contribution is -0.127. The summed E-state index contributed by atoms with van der Waals surface area (Å²) in [6.45, 7) is 6.12. The van der Waals surface area contributed by atoms with Crippen molar-refractivity contribution in [1.29, 1.82) is 0 Å². The molecule has 1 aromatic heterocycles. The van der Waals surface area contributed by atoms with Crippen LogP contribution in [-0.2, 0) is 20.7 Å². The van der Waals surface area contributed by atoms with Crippen LogP contribution in [0.5, 0.6) is 0 Å². The molecule has 0 spiro atoms. The number of hydrogen-bond acceptors (Lipinski definition) is 5. The molecule has 2 saturated heterocycles. The Morgan fingerprint density at radius 1 is 1.26 bits per heavy atom. The molecule has 2 aliphatic heterocycles. The first-order chi connectivity index (χ1) is 13.0. The van der Waals surface area contributed by atoms with E-state index >= 15 is 0 Å². The zero-order valence-corrected chi connectivity index (χ0v) is 16.2. The summed E-state index contributed by atoms with van der Waals surface area (Å²) in [4.78, 5) is 31.4. The van der Waals surface area contributed by atoms with Gasteiger partial charge in [0.2, 0.25) is 11.8 Å². The van der Waals surface area contributed by atoms with E-state index in [1.807, 2.05) is 26.0 Å². The number of likely N-dealkylation sites (tertiary alicyclic amines) is 1. The second-order valence-electron chi connectivity index (χ2n) is 7.75. The fourth-order valence-electron chi connectivity index (χ4n) is 3.99. The average Bonchev–Trinajstić information content (AvgIpc) is 3.06. The highest BCUT2D eigenvalue weighted by Crippen LogP contribution is 2.26. The van der Waals surface area contributed by atoms with Crippen LogP contribution < -0.4 is 10.6 Å². The Bertz CT molecular complexity index is 631. The molecule has 2 atom stereocenters. The van der Waals surface area contributed by atoms with E-state index < -0.39 is 0 Å². The largest absolute Gasteiger partial charge is 0.381 e. The lowest BCUT2D eigenvalue weighted by atomic mass is 10.1. The first-order valence-corrected chi connectivity index (χ1v) is 9.85. The number of nitrogens with zero attached hydrogens (tertiary/aromatic N) is 2. The van der Waals surface area contributed by atoms with Gasteiger partial charge in [-0.25, -0.2) is 0 Å². The summed E-state index contributed by atoms with van der Waals surface area (Å²) in [5, 5.41) is 6.16. The molecule has 27 heavy (non-hydrogen) atoms. The van der Waals surface area contributed by atoms with E-state index in [1.54, 1.807) is 12.4 Å². The van der Waals surface area contributed by atoms with Gasteiger partial charge in [0.15, 0.2) is 0 Å². The summed E-state index contributed by atoms with van der Waals surface area (Å²) in [6, 6.07) is 3.94. The molecule has 0 aliphatic carbocycles. The third-order valence-corrected chi connectivity index (χ3v) is 5.21. The van der Waals surface area contributed by atoms with Crippen LogP contribution in [0.3, 0.4) is 0 Å². The summed E-state index contributed by atoms with van der Waals surface area (Å²) in [6.07, 6.45) is 6.23. The fraction of sp³-hybridized carbons (Fsp3) is 0.650. The molecule has 2 fully saturated rings. The Labute approximate surface area is 160 Å². The Balaban J connectivity index is 1.62. The Morgan fingerprint density at radius 2 is 1.96 bits per heavy atom. The predicted octanol–water partition coefficient (Wildman–Crippen LogP) is 0.887. The first-order valence-electron chi connectivity index (χ1n) is 9.85. The van der Waals surface area contributed by atoms with Crippen LogP contribution in [0.4, 0.5) is 0 Å². The van der Waals surface area contributed by atoms with Crippen LogP contribution in [0.15, 0.2) is 24.5 Å². The van der Waals surface area contributed by atoms with Crippen molar-refractivity contribution in [3.05, 3.63) is 30.1 Å². The number of ether oxygens (including phenoxy) is 1. The maximum atomic E-state index is 12.7. The van der Waals surface area contributed by atoms with E-state index in [2.05, 4.69) is 20.5 Å². The van der Waals surface area contributed by atoms with Crippen molar-refractivity contribution < 1.29 is 14.3 Å². The number of rotatable bonds is 6. The van der Waals surface area contributed by atoms with E-state index in [1.165, 1.54) is 0 Å². The number of amides is 2. The van der Waals surface area contributed by atoms with Crippen molar-refractivity contribution in [1.82, 2.24) is 20.5 Å². The lowest BCUT2D eigenvalue weighted by Crippen LogP contribution is -2.50. The zero-order valence-electron chi connectivity index (χ0n) is 16.2. The van der Waals surface area contributed by atoms with Gasteiger partial charge in [0.05, 0.1) is 12.5 Å². The third-order valence-electron chi connectivity index (χ3n) is 5.21. The second kappa shape index (κ2) is 9.28. The molecule has 0 bridgehead atoms. The van der Waals surface area contributed by atoms with Crippen LogP contribution in [0.25, 0.3) is 0 Å². The van der Waals surface area contributed by atoms with Crippen molar-refractivity contribution in [3.63, 3.8) is 0 Å². The summed E-state index contributed by atoms with van der Waals surface area (Å²) < 4.78 is 5.48. The topological polar surface area (TPSA) is 83.6 Å². The number of hydrogen-bond donors (Lipinski definition) is 2. The van der Waals surface area contributed by atoms with Crippen LogP contribution in [0, 0.1) is 0 Å². The Kier molecular flexibility index (Phi) is 6.79. The number of pyridine rings is 1. The number of nitrogens with one attached hydrogen (secondary N) is 2. The molecule has 0 aromatic carbocycles. The van der Waals surface area contributed by atoms with Crippen molar-refractivity contribution in [3.8, 4) is 0 Å². The molecule has 2 amide bonds. The zero-order chi connectivity index (χ0) is 19.2. The third kappa shape index (κ3) is 5.49. The quantitative estimate of drug-likeness (QED) is 0.773. The molecule has 1 aromatic rings. The molecule has 0 radical (unpaired) electrons. The van der Waals surface area contributed by atoms with Crippen molar-refractivity contribution in [2.24, 2.45) is 0 Å². The van der Waals surface area contributed by atoms with E-state index in [-0.39, 0.29) is 29.9 Å². The van der Waals surface area contributed by atoms with Crippen LogP contribution >= 0.6 is 0 Å². The van der Waals surface area contributed by atoms with Crippen molar-refractivity contribution in [2.75, 3.05) is 19.8 Å². The average molecular weight is 374 g/mol. The van der Waals surface area contributed by atoms with Crippen LogP contribution in [-0.4, -0.2) is 65.6 Å². The van der Waals surface area contributed by atoms with Crippen molar-refractivity contribution in [2.45, 2.75) is 63.7 Å². The second-order valence-corrected chi connectivity index (χ2v) is 7.75. The minimum absolute atomic E-state index is 0.00917. The van der Waals surface area contributed by atoms with Gasteiger partial charge in [-0.2, -0.15) is 0 Å². The van der Waals surface area contributed by atoms with E-state index in [9.17, 15) is 9.59 Å². The van der Waals surface area contributed by atoms with Gasteiger partial charge in [-0.3, -0.25) is 19.5 Å². The SMILES string of the molecule is CC(C)NC(=O)[C@@H]1C[C@@H](NC(=O)Cc2ccncc2)CN1C1CCOCC1. The molecule has 0 unspecified atom stereocenters. The molecule has 3 rings (SSSR count). The Morgan fingerprint density at radius 3 is 2.63 bits per heavy atom. The van der Waals surface area contributed by atoms with Gasteiger partial charge >= 0.3 is 0 Å². The normalized spacial score (nSPS) is 24.1. The molecule has 0 saturated carbocycles. The summed E-state index contributed by atoms with van der Waals surface area (Å²) >= 11 is 0. The highest BCUT2D eigenvalue weighted by Gasteiger charge is 2.41. The molecule has 148 valence electrons. The molecule has 7 heteroatoms. The monoisotopic (exact) mass is 374 g/mol. The van der Waals surface area contributed by atoms with Gasteiger partial charge in [-0.1, -0.05) is 0 Å². The molecule has 7 nitrogen and oxygen atoms in total. The minimum atomic E-state index is -0.193. The number of carbonyl (C=O) groups is 2. The lowest BCUT2D eigenvalue weighted by Gasteiger charge is -2.35. The summed E-state index contributed by atoms with van der Waals surface area (Å²) in [7, 11) is 0. The summed E-state index contributed by atoms with van der Waals surface area (Å²) in [5.74, 6) is 0.0467. The maximum Gasteiger partial charge on any atom is 0.237 e. The van der Waals surface area contributed by atoms with E-state index in [0.717, 1.165) is 31.6 Å². The van der Waals surface area contributed by atoms with Gasteiger partial charge in [0, 0.05) is 50.3 Å². The maximum absolute atomic E-state index is 12.7. The molecule has 2 aliphatic rings. The van der Waals surface area contributed by atoms with Gasteiger partial charge in [-0.15, -0.1) is 0 Å². The molecule has 3 heterocycles. The summed E-state index contributed by atoms with van der Waals surface area (Å²) in [5.41, 5.74) is 0.941. The number of carbonyl (C=O) groups excluding carboxylic acids is 2. The fourth-order valence-corrected chi connectivity index (χ4v) is 3.99. The van der Waals surface area contributed by atoms with E-state index in [0.29, 0.717) is 25.4 Å². The smallest absolute Gasteiger partial charge is 0.237 e. The molecular weight excluding hydrogens is 344 g/mol.